The maximum absolute atomic E-state index is 11.7. The van der Waals surface area contributed by atoms with Crippen LogP contribution in [0.3, 0.4) is 0 Å². The van der Waals surface area contributed by atoms with Crippen molar-refractivity contribution in [1.82, 2.24) is 10.3 Å². The van der Waals surface area contributed by atoms with E-state index in [0.29, 0.717) is 103 Å². The fraction of sp³-hybridized carbons (Fsp3) is 0.0968. The molecule has 2 amide bonds. The number of aromatic amines is 1. The molecule has 2 unspecified atom stereocenters. The summed E-state index contributed by atoms with van der Waals surface area (Å²) in [5.74, 6) is 6.44. The first-order valence-electron chi connectivity index (χ1n) is 25.2. The number of allylic oxidation sites excluding steroid dienone is 2. The molecule has 0 fully saturated rings. The van der Waals surface area contributed by atoms with Gasteiger partial charge in [-0.3, -0.25) is 9.59 Å². The third-order valence-corrected chi connectivity index (χ3v) is 13.3. The lowest BCUT2D eigenvalue weighted by Crippen LogP contribution is -2.28. The molecule has 0 saturated carbocycles. The van der Waals surface area contributed by atoms with Crippen LogP contribution < -0.4 is 45.9 Å². The van der Waals surface area contributed by atoms with Gasteiger partial charge in [0.05, 0.1) is 5.92 Å². The van der Waals surface area contributed by atoms with Crippen LogP contribution in [0.1, 0.15) is 47.2 Å². The Bertz CT molecular complexity index is 4220. The molecule has 8 aromatic rings. The number of nitrogens with zero attached hydrogens (tertiary/aromatic N) is 6. The van der Waals surface area contributed by atoms with Crippen LogP contribution in [0.15, 0.2) is 217 Å². The van der Waals surface area contributed by atoms with E-state index in [-0.39, 0.29) is 17.7 Å². The Morgan fingerprint density at radius 1 is 0.474 bits per heavy atom. The molecule has 4 aliphatic heterocycles. The summed E-state index contributed by atoms with van der Waals surface area (Å²) in [7, 11) is 0. The minimum absolute atomic E-state index is 0.166. The summed E-state index contributed by atoms with van der Waals surface area (Å²) in [6.07, 6.45) is 5.42. The maximum atomic E-state index is 11.7. The summed E-state index contributed by atoms with van der Waals surface area (Å²) in [5, 5.41) is 10.7. The number of aromatic nitrogens is 1. The fourth-order valence-corrected chi connectivity index (χ4v) is 9.81. The van der Waals surface area contributed by atoms with E-state index in [1.165, 1.54) is 13.8 Å². The molecule has 16 nitrogen and oxygen atoms in total. The monoisotopic (exact) mass is 1030 g/mol. The zero-order chi connectivity index (χ0) is 53.0. The van der Waals surface area contributed by atoms with Crippen molar-refractivity contribution >= 4 is 57.3 Å². The Hall–Kier alpha value is -10.5. The molecular formula is C62H46N10O6. The van der Waals surface area contributed by atoms with Gasteiger partial charge in [0.1, 0.15) is 69.0 Å². The van der Waals surface area contributed by atoms with Crippen LogP contribution in [0.5, 0.6) is 40.2 Å². The molecule has 5 heterocycles. The van der Waals surface area contributed by atoms with Crippen molar-refractivity contribution in [2.24, 2.45) is 35.9 Å². The number of nitrogens with one attached hydrogen (secondary N) is 4. The molecule has 0 spiro atoms. The number of H-pyrrole nitrogens is 1. The van der Waals surface area contributed by atoms with Crippen LogP contribution in [0.4, 0.5) is 11.4 Å². The van der Waals surface area contributed by atoms with Crippen LogP contribution in [-0.2, 0) is 9.59 Å². The molecule has 13 rings (SSSR count). The third kappa shape index (κ3) is 9.49. The van der Waals surface area contributed by atoms with Gasteiger partial charge >= 0.3 is 0 Å². The number of hydrogen-bond acceptors (Lipinski definition) is 13. The predicted molar refractivity (Wildman–Crippen MR) is 299 cm³/mol. The highest BCUT2D eigenvalue weighted by Crippen LogP contribution is 2.38. The Balaban J connectivity index is 0.982. The number of fused-ring (bicyclic) bond motifs is 17. The molecule has 78 heavy (non-hydrogen) atoms. The van der Waals surface area contributed by atoms with Crippen molar-refractivity contribution in [3.8, 4) is 40.2 Å². The molecule has 1 aromatic heterocycles. The summed E-state index contributed by atoms with van der Waals surface area (Å²) in [6.45, 7) is 6.98. The average Bonchev–Trinajstić information content (AvgIpc) is 4.30. The Labute approximate surface area is 446 Å². The van der Waals surface area contributed by atoms with Crippen LogP contribution in [0, 0.1) is 19.8 Å². The Morgan fingerprint density at radius 3 is 1.59 bits per heavy atom. The normalized spacial score (nSPS) is 16.4. The smallest absolute Gasteiger partial charge is 0.221 e. The van der Waals surface area contributed by atoms with E-state index in [2.05, 4.69) is 27.0 Å². The van der Waals surface area contributed by atoms with E-state index < -0.39 is 6.17 Å². The number of hydrogen-bond donors (Lipinski definition) is 4. The van der Waals surface area contributed by atoms with Gasteiger partial charge in [0, 0.05) is 63.8 Å². The lowest BCUT2D eigenvalue weighted by molar-refractivity contribution is -0.115. The molecule has 2 atom stereocenters. The van der Waals surface area contributed by atoms with E-state index >= 15 is 0 Å². The number of aryl methyl sites for hydroxylation is 2. The van der Waals surface area contributed by atoms with Crippen molar-refractivity contribution in [3.63, 3.8) is 0 Å². The lowest BCUT2D eigenvalue weighted by atomic mass is 9.94. The molecule has 4 N–H and O–H groups in total. The second-order valence-corrected chi connectivity index (χ2v) is 19.2. The zero-order valence-electron chi connectivity index (χ0n) is 42.5. The molecule has 380 valence electrons. The number of amides is 2. The number of rotatable bonds is 10. The van der Waals surface area contributed by atoms with Gasteiger partial charge in [0.15, 0.2) is 23.3 Å². The standard InChI is InChI=1S/C62H46N10O6/c1-33-7-5-9-41(27-33)77-45-21-25-49-53(31-45)62-70-57(49)68-60-51-29-43(75-39-15-11-37(12-16-39)63-35(3)73)19-23-47(51)55(66-60)65-59-52-30-44(76-40-17-13-38(14-18-40)64-36(4)74)20-24-48(52)56(67-59)69-61-54-32-46(22-26-50(54)58(71-61)72-62)78-42-10-6-8-34(2)28-42/h5-32,54,61,71H,1-4H3,(H,63,73)(H,64,74)(H,65,66,67,68,69,70,72). The fourth-order valence-electron chi connectivity index (χ4n) is 9.81. The van der Waals surface area contributed by atoms with Gasteiger partial charge in [0.2, 0.25) is 11.8 Å². The van der Waals surface area contributed by atoms with Gasteiger partial charge in [-0.25, -0.2) is 30.0 Å². The van der Waals surface area contributed by atoms with E-state index in [0.717, 1.165) is 44.5 Å². The topological polar surface area (TPSA) is 197 Å². The van der Waals surface area contributed by atoms with E-state index in [9.17, 15) is 9.59 Å². The molecule has 1 aliphatic carbocycles. The number of carbonyl (C=O) groups excluding carboxylic acids is 2. The van der Waals surface area contributed by atoms with Crippen LogP contribution in [0.2, 0.25) is 0 Å². The molecule has 16 heteroatoms. The third-order valence-electron chi connectivity index (χ3n) is 13.3. The first-order valence-corrected chi connectivity index (χ1v) is 25.2. The number of carbonyl (C=O) groups is 2. The van der Waals surface area contributed by atoms with Crippen molar-refractivity contribution in [1.29, 1.82) is 0 Å². The van der Waals surface area contributed by atoms with Gasteiger partial charge in [-0.05, 0) is 165 Å². The molecule has 0 saturated heterocycles. The maximum Gasteiger partial charge on any atom is 0.221 e. The number of anilines is 2. The number of aliphatic imine (C=N–C) groups is 4. The van der Waals surface area contributed by atoms with Gasteiger partial charge in [-0.1, -0.05) is 30.3 Å². The number of amidine groups is 4. The SMILES string of the molecule is CC(=O)Nc1ccc(Oc2ccc3c(c2)C2=NC3=NC3NC(=C4C=CC(Oc5cccc(C)c5)=CC43)N=C3N=C(N=c4[nH]c(c5ccc(Oc6ccc(NC(C)=O)cc6)cc45)=N2)c2ccc(Oc4cccc(C)c4)cc23)cc1. The van der Waals surface area contributed by atoms with Gasteiger partial charge in [0.25, 0.3) is 0 Å². The van der Waals surface area contributed by atoms with Crippen molar-refractivity contribution < 1.29 is 28.5 Å². The quantitative estimate of drug-likeness (QED) is 0.104. The zero-order valence-corrected chi connectivity index (χ0v) is 42.5. The molecule has 5 aliphatic rings. The van der Waals surface area contributed by atoms with Crippen LogP contribution >= 0.6 is 0 Å². The molecular weight excluding hydrogens is 981 g/mol. The predicted octanol–water partition coefficient (Wildman–Crippen LogP) is 11.0. The Kier molecular flexibility index (Phi) is 11.7. The highest BCUT2D eigenvalue weighted by molar-refractivity contribution is 6.24. The largest absolute Gasteiger partial charge is 0.458 e. The molecule has 8 bridgehead atoms. The van der Waals surface area contributed by atoms with Gasteiger partial charge in [-0.2, -0.15) is 0 Å². The summed E-state index contributed by atoms with van der Waals surface area (Å²) in [6, 6.07) is 47.3. The van der Waals surface area contributed by atoms with Gasteiger partial charge in [-0.15, -0.1) is 0 Å². The lowest BCUT2D eigenvalue weighted by Gasteiger charge is -2.19. The number of benzene rings is 7. The van der Waals surface area contributed by atoms with Crippen molar-refractivity contribution in [2.45, 2.75) is 33.9 Å². The second kappa shape index (κ2) is 19.3. The van der Waals surface area contributed by atoms with Gasteiger partial charge < -0.3 is 39.9 Å². The second-order valence-electron chi connectivity index (χ2n) is 19.2. The van der Waals surface area contributed by atoms with E-state index in [1.54, 1.807) is 48.5 Å². The van der Waals surface area contributed by atoms with Crippen LogP contribution in [0.25, 0.3) is 10.8 Å². The van der Waals surface area contributed by atoms with E-state index in [4.69, 9.17) is 48.9 Å². The highest BCUT2D eigenvalue weighted by atomic mass is 16.5. The summed E-state index contributed by atoms with van der Waals surface area (Å²) in [4.78, 5) is 58.6. The first kappa shape index (κ1) is 47.2. The summed E-state index contributed by atoms with van der Waals surface area (Å²) in [5.41, 5.74) is 8.15. The van der Waals surface area contributed by atoms with Crippen molar-refractivity contribution in [2.75, 3.05) is 10.6 Å². The average molecular weight is 1030 g/mol. The summed E-state index contributed by atoms with van der Waals surface area (Å²) < 4.78 is 25.7. The molecule has 7 aromatic carbocycles. The number of ether oxygens (including phenoxy) is 4. The Morgan fingerprint density at radius 2 is 0.974 bits per heavy atom. The van der Waals surface area contributed by atoms with Crippen LogP contribution in [-0.4, -0.2) is 46.3 Å². The minimum Gasteiger partial charge on any atom is -0.458 e. The van der Waals surface area contributed by atoms with Crippen molar-refractivity contribution in [3.05, 3.63) is 231 Å². The molecule has 0 radical (unpaired) electrons. The highest BCUT2D eigenvalue weighted by Gasteiger charge is 2.37. The minimum atomic E-state index is -0.597. The first-order chi connectivity index (χ1) is 38.0. The summed E-state index contributed by atoms with van der Waals surface area (Å²) >= 11 is 0. The van der Waals surface area contributed by atoms with E-state index in [1.807, 2.05) is 129 Å².